The van der Waals surface area contributed by atoms with Crippen LogP contribution in [0.1, 0.15) is 5.56 Å². The van der Waals surface area contributed by atoms with Crippen molar-refractivity contribution < 1.29 is 4.74 Å². The van der Waals surface area contributed by atoms with E-state index in [1.54, 1.807) is 0 Å². The summed E-state index contributed by atoms with van der Waals surface area (Å²) in [7, 11) is 0. The van der Waals surface area contributed by atoms with E-state index >= 15 is 0 Å². The number of para-hydroxylation sites is 1. The van der Waals surface area contributed by atoms with Gasteiger partial charge in [0.05, 0.1) is 0 Å². The Hall–Kier alpha value is -1.31. The molecule has 10 heavy (non-hydrogen) atoms. The molecule has 1 aliphatic rings. The molecule has 1 aromatic rings. The highest BCUT2D eigenvalue weighted by Gasteiger charge is 2.02. The van der Waals surface area contributed by atoms with Crippen LogP contribution in [0.25, 0.3) is 0 Å². The minimum Gasteiger partial charge on any atom is -0.471 e. The molecule has 0 saturated heterocycles. The van der Waals surface area contributed by atoms with E-state index in [1.807, 2.05) is 30.5 Å². The molecule has 0 bridgehead atoms. The second-order valence-electron chi connectivity index (χ2n) is 2.12. The third-order valence-corrected chi connectivity index (χ3v) is 1.44. The third kappa shape index (κ3) is 0.778. The maximum Gasteiger partial charge on any atom is 0.179 e. The molecule has 0 fully saturated rings. The normalized spacial score (nSPS) is 14.0. The Labute approximate surface area is 59.2 Å². The molecule has 2 nitrogen and oxygen atoms in total. The summed E-state index contributed by atoms with van der Waals surface area (Å²) in [5.41, 5.74) is 1.06. The molecule has 2 heteroatoms. The van der Waals surface area contributed by atoms with E-state index in [2.05, 4.69) is 4.99 Å². The van der Waals surface area contributed by atoms with Gasteiger partial charge in [0, 0.05) is 11.8 Å². The summed E-state index contributed by atoms with van der Waals surface area (Å²) in [6.45, 7) is 0.455. The number of hydrogen-bond donors (Lipinski definition) is 0. The maximum atomic E-state index is 5.23. The highest BCUT2D eigenvalue weighted by Crippen LogP contribution is 2.17. The van der Waals surface area contributed by atoms with Gasteiger partial charge in [0.15, 0.2) is 6.73 Å². The second kappa shape index (κ2) is 2.14. The molecule has 1 aliphatic heterocycles. The predicted octanol–water partition coefficient (Wildman–Crippen LogP) is 1.46. The summed E-state index contributed by atoms with van der Waals surface area (Å²) in [6, 6.07) is 7.86. The fourth-order valence-corrected chi connectivity index (χ4v) is 0.961. The van der Waals surface area contributed by atoms with E-state index in [4.69, 9.17) is 4.74 Å². The van der Waals surface area contributed by atoms with Crippen LogP contribution in [0.2, 0.25) is 0 Å². The maximum absolute atomic E-state index is 5.23. The van der Waals surface area contributed by atoms with E-state index in [9.17, 15) is 0 Å². The Bertz CT molecular complexity index is 268. The van der Waals surface area contributed by atoms with Crippen molar-refractivity contribution >= 4 is 6.21 Å². The Morgan fingerprint density at radius 2 is 2.20 bits per heavy atom. The van der Waals surface area contributed by atoms with Gasteiger partial charge in [-0.3, -0.25) is 4.99 Å². The average Bonchev–Trinajstić information content (AvgIpc) is 2.05. The molecule has 0 N–H and O–H groups in total. The standard InChI is InChI=1S/C8H7NO/c1-2-4-8-7(3-1)5-9-6-10-8/h1-5H,6H2. The van der Waals surface area contributed by atoms with Crippen LogP contribution in [0.3, 0.4) is 0 Å². The van der Waals surface area contributed by atoms with Gasteiger partial charge in [-0.25, -0.2) is 0 Å². The zero-order valence-corrected chi connectivity index (χ0v) is 5.45. The molecule has 2 rings (SSSR count). The molecular formula is C8H7NO. The second-order valence-corrected chi connectivity index (χ2v) is 2.12. The van der Waals surface area contributed by atoms with Crippen molar-refractivity contribution in [2.75, 3.05) is 6.73 Å². The Balaban J connectivity index is 2.54. The number of benzene rings is 1. The number of hydrogen-bond acceptors (Lipinski definition) is 2. The Kier molecular flexibility index (Phi) is 1.17. The first-order valence-corrected chi connectivity index (χ1v) is 3.18. The molecule has 0 saturated carbocycles. The van der Waals surface area contributed by atoms with E-state index < -0.39 is 0 Å². The largest absolute Gasteiger partial charge is 0.471 e. The van der Waals surface area contributed by atoms with Crippen LogP contribution >= 0.6 is 0 Å². The van der Waals surface area contributed by atoms with Crippen LogP contribution in [0.4, 0.5) is 0 Å². The number of fused-ring (bicyclic) bond motifs is 1. The monoisotopic (exact) mass is 133 g/mol. The molecular weight excluding hydrogens is 126 g/mol. The summed E-state index contributed by atoms with van der Waals surface area (Å²) >= 11 is 0. The van der Waals surface area contributed by atoms with Gasteiger partial charge in [0.2, 0.25) is 0 Å². The first-order valence-electron chi connectivity index (χ1n) is 3.18. The summed E-state index contributed by atoms with van der Waals surface area (Å²) in [5, 5.41) is 0. The van der Waals surface area contributed by atoms with Gasteiger partial charge in [-0.15, -0.1) is 0 Å². The number of aliphatic imine (C=N–C) groups is 1. The fraction of sp³-hybridized carbons (Fsp3) is 0.125. The van der Waals surface area contributed by atoms with Gasteiger partial charge in [0.1, 0.15) is 5.75 Å². The smallest absolute Gasteiger partial charge is 0.179 e. The molecule has 0 aromatic heterocycles. The van der Waals surface area contributed by atoms with E-state index in [1.165, 1.54) is 0 Å². The zero-order valence-electron chi connectivity index (χ0n) is 5.45. The van der Waals surface area contributed by atoms with Crippen molar-refractivity contribution in [3.8, 4) is 5.75 Å². The lowest BCUT2D eigenvalue weighted by Gasteiger charge is -2.09. The topological polar surface area (TPSA) is 21.6 Å². The van der Waals surface area contributed by atoms with Crippen molar-refractivity contribution in [2.24, 2.45) is 4.99 Å². The lowest BCUT2D eigenvalue weighted by Crippen LogP contribution is -2.02. The molecule has 1 aromatic carbocycles. The van der Waals surface area contributed by atoms with Gasteiger partial charge in [-0.1, -0.05) is 12.1 Å². The minimum atomic E-state index is 0.455. The first-order chi connectivity index (χ1) is 4.97. The molecule has 0 radical (unpaired) electrons. The summed E-state index contributed by atoms with van der Waals surface area (Å²) < 4.78 is 5.23. The van der Waals surface area contributed by atoms with Gasteiger partial charge in [-0.2, -0.15) is 0 Å². The highest BCUT2D eigenvalue weighted by atomic mass is 16.5. The van der Waals surface area contributed by atoms with E-state index in [0.29, 0.717) is 6.73 Å². The quantitative estimate of drug-likeness (QED) is 0.525. The number of ether oxygens (including phenoxy) is 1. The molecule has 0 aliphatic carbocycles. The third-order valence-electron chi connectivity index (χ3n) is 1.44. The molecule has 50 valence electrons. The molecule has 0 spiro atoms. The molecule has 0 atom stereocenters. The van der Waals surface area contributed by atoms with Gasteiger partial charge in [0.25, 0.3) is 0 Å². The minimum absolute atomic E-state index is 0.455. The van der Waals surface area contributed by atoms with Gasteiger partial charge in [-0.05, 0) is 12.1 Å². The average molecular weight is 133 g/mol. The molecule has 0 unspecified atom stereocenters. The Morgan fingerprint density at radius 1 is 1.30 bits per heavy atom. The fourth-order valence-electron chi connectivity index (χ4n) is 0.961. The van der Waals surface area contributed by atoms with E-state index in [-0.39, 0.29) is 0 Å². The summed E-state index contributed by atoms with van der Waals surface area (Å²) in [4.78, 5) is 3.97. The van der Waals surface area contributed by atoms with Crippen molar-refractivity contribution in [1.82, 2.24) is 0 Å². The van der Waals surface area contributed by atoms with Crippen LogP contribution in [-0.2, 0) is 0 Å². The molecule has 1 heterocycles. The number of rotatable bonds is 0. The van der Waals surface area contributed by atoms with Crippen molar-refractivity contribution in [3.63, 3.8) is 0 Å². The van der Waals surface area contributed by atoms with Gasteiger partial charge >= 0.3 is 0 Å². The molecule has 0 amide bonds. The van der Waals surface area contributed by atoms with Crippen LogP contribution in [0.15, 0.2) is 29.3 Å². The SMILES string of the molecule is C1=NCOc2ccccc21. The van der Waals surface area contributed by atoms with Gasteiger partial charge < -0.3 is 4.74 Å². The van der Waals surface area contributed by atoms with Crippen LogP contribution < -0.4 is 4.74 Å². The summed E-state index contributed by atoms with van der Waals surface area (Å²) in [5.74, 6) is 0.928. The predicted molar refractivity (Wildman–Crippen MR) is 39.5 cm³/mol. The zero-order chi connectivity index (χ0) is 6.81. The lowest BCUT2D eigenvalue weighted by atomic mass is 10.2. The van der Waals surface area contributed by atoms with Crippen LogP contribution in [-0.4, -0.2) is 12.9 Å². The highest BCUT2D eigenvalue weighted by molar-refractivity contribution is 5.84. The van der Waals surface area contributed by atoms with E-state index in [0.717, 1.165) is 11.3 Å². The van der Waals surface area contributed by atoms with Crippen LogP contribution in [0, 0.1) is 0 Å². The first kappa shape index (κ1) is 5.47. The van der Waals surface area contributed by atoms with Crippen molar-refractivity contribution in [3.05, 3.63) is 29.8 Å². The van der Waals surface area contributed by atoms with Crippen molar-refractivity contribution in [1.29, 1.82) is 0 Å². The lowest BCUT2D eigenvalue weighted by molar-refractivity contribution is 0.326. The summed E-state index contributed by atoms with van der Waals surface area (Å²) in [6.07, 6.45) is 1.83. The Morgan fingerprint density at radius 3 is 3.10 bits per heavy atom. The van der Waals surface area contributed by atoms with Crippen molar-refractivity contribution in [2.45, 2.75) is 0 Å². The number of nitrogens with zero attached hydrogens (tertiary/aromatic N) is 1. The van der Waals surface area contributed by atoms with Crippen LogP contribution in [0.5, 0.6) is 5.75 Å².